The third-order valence-electron chi connectivity index (χ3n) is 1.56. The number of halogens is 1. The van der Waals surface area contributed by atoms with Crippen LogP contribution >= 0.6 is 15.9 Å². The summed E-state index contributed by atoms with van der Waals surface area (Å²) in [5, 5.41) is 2.74. The van der Waals surface area contributed by atoms with Gasteiger partial charge >= 0.3 is 0 Å². The minimum absolute atomic E-state index is 0.0203. The van der Waals surface area contributed by atoms with Crippen LogP contribution in [0.5, 0.6) is 5.75 Å². The molecule has 0 unspecified atom stereocenters. The Bertz CT molecular complexity index is 351. The van der Waals surface area contributed by atoms with Gasteiger partial charge in [0, 0.05) is 4.47 Å². The van der Waals surface area contributed by atoms with Gasteiger partial charge in [0.15, 0.2) is 12.0 Å². The lowest BCUT2D eigenvalue weighted by molar-refractivity contribution is 0.112. The van der Waals surface area contributed by atoms with Crippen LogP contribution < -0.4 is 4.74 Å². The standard InChI is InChI=1S/C8H6BrNO3/c1-13-7-3-2-6(9)5(4-11)8(7)10-12/h2-4H,1H3. The van der Waals surface area contributed by atoms with E-state index in [1.165, 1.54) is 7.11 Å². The average Bonchev–Trinajstić information content (AvgIpc) is 2.17. The van der Waals surface area contributed by atoms with Crippen molar-refractivity contribution < 1.29 is 9.53 Å². The first-order valence-electron chi connectivity index (χ1n) is 3.39. The van der Waals surface area contributed by atoms with Gasteiger partial charge in [-0.25, -0.2) is 0 Å². The summed E-state index contributed by atoms with van der Waals surface area (Å²) in [6.45, 7) is 0. The van der Waals surface area contributed by atoms with Gasteiger partial charge in [-0.3, -0.25) is 4.79 Å². The first-order valence-corrected chi connectivity index (χ1v) is 4.19. The van der Waals surface area contributed by atoms with Gasteiger partial charge in [0.25, 0.3) is 0 Å². The van der Waals surface area contributed by atoms with Crippen LogP contribution in [0, 0.1) is 4.91 Å². The molecule has 0 aliphatic rings. The van der Waals surface area contributed by atoms with E-state index in [1.807, 2.05) is 0 Å². The van der Waals surface area contributed by atoms with Gasteiger partial charge in [-0.05, 0) is 33.2 Å². The van der Waals surface area contributed by atoms with Crippen LogP contribution in [-0.4, -0.2) is 13.4 Å². The van der Waals surface area contributed by atoms with Crippen LogP contribution in [0.2, 0.25) is 0 Å². The molecule has 0 aliphatic carbocycles. The molecule has 0 fully saturated rings. The van der Waals surface area contributed by atoms with Crippen molar-refractivity contribution in [3.05, 3.63) is 27.1 Å². The van der Waals surface area contributed by atoms with Crippen LogP contribution in [0.4, 0.5) is 5.69 Å². The van der Waals surface area contributed by atoms with Crippen LogP contribution in [0.3, 0.4) is 0 Å². The van der Waals surface area contributed by atoms with Crippen molar-refractivity contribution in [2.75, 3.05) is 7.11 Å². The Kier molecular flexibility index (Phi) is 3.13. The normalized spacial score (nSPS) is 9.38. The fourth-order valence-corrected chi connectivity index (χ4v) is 1.35. The second-order valence-electron chi connectivity index (χ2n) is 2.22. The fraction of sp³-hybridized carbons (Fsp3) is 0.125. The van der Waals surface area contributed by atoms with E-state index in [0.717, 1.165) is 0 Å². The third kappa shape index (κ3) is 1.75. The lowest BCUT2D eigenvalue weighted by Gasteiger charge is -2.04. The molecule has 0 spiro atoms. The highest BCUT2D eigenvalue weighted by Crippen LogP contribution is 2.34. The Morgan fingerprint density at radius 3 is 2.69 bits per heavy atom. The van der Waals surface area contributed by atoms with Crippen molar-refractivity contribution in [3.63, 3.8) is 0 Å². The molecule has 0 saturated carbocycles. The molecular weight excluding hydrogens is 238 g/mol. The number of ether oxygens (including phenoxy) is 1. The van der Waals surface area contributed by atoms with Crippen molar-refractivity contribution in [2.45, 2.75) is 0 Å². The van der Waals surface area contributed by atoms with Gasteiger partial charge in [-0.15, -0.1) is 4.91 Å². The number of methoxy groups -OCH3 is 1. The number of nitroso groups, excluding NO2 is 1. The molecule has 0 radical (unpaired) electrons. The zero-order chi connectivity index (χ0) is 9.84. The van der Waals surface area contributed by atoms with Gasteiger partial charge in [-0.2, -0.15) is 0 Å². The van der Waals surface area contributed by atoms with Crippen molar-refractivity contribution in [1.82, 2.24) is 0 Å². The van der Waals surface area contributed by atoms with Crippen LogP contribution in [-0.2, 0) is 0 Å². The molecule has 0 amide bonds. The molecule has 4 nitrogen and oxygen atoms in total. The Hall–Kier alpha value is -1.23. The number of benzene rings is 1. The average molecular weight is 244 g/mol. The zero-order valence-electron chi connectivity index (χ0n) is 6.78. The molecule has 0 atom stereocenters. The summed E-state index contributed by atoms with van der Waals surface area (Å²) in [4.78, 5) is 21.0. The van der Waals surface area contributed by atoms with Gasteiger partial charge < -0.3 is 4.74 Å². The van der Waals surface area contributed by atoms with Crippen LogP contribution in [0.15, 0.2) is 21.8 Å². The summed E-state index contributed by atoms with van der Waals surface area (Å²) < 4.78 is 5.39. The summed E-state index contributed by atoms with van der Waals surface area (Å²) in [6.07, 6.45) is 0.559. The second kappa shape index (κ2) is 4.13. The smallest absolute Gasteiger partial charge is 0.161 e. The molecule has 0 bridgehead atoms. The topological polar surface area (TPSA) is 55.7 Å². The zero-order valence-corrected chi connectivity index (χ0v) is 8.37. The summed E-state index contributed by atoms with van der Waals surface area (Å²) in [5.74, 6) is 0.292. The van der Waals surface area contributed by atoms with E-state index < -0.39 is 0 Å². The van der Waals surface area contributed by atoms with Crippen molar-refractivity contribution in [1.29, 1.82) is 0 Å². The number of carbonyl (C=O) groups excluding carboxylic acids is 1. The molecule has 68 valence electrons. The van der Waals surface area contributed by atoms with E-state index in [1.54, 1.807) is 12.1 Å². The maximum atomic E-state index is 10.6. The van der Waals surface area contributed by atoms with Crippen LogP contribution in [0.25, 0.3) is 0 Å². The molecule has 5 heteroatoms. The van der Waals surface area contributed by atoms with Gasteiger partial charge in [0.2, 0.25) is 0 Å². The molecule has 0 aromatic heterocycles. The summed E-state index contributed by atoms with van der Waals surface area (Å²) in [5.41, 5.74) is 0.223. The number of aldehydes is 1. The molecule has 0 N–H and O–H groups in total. The Balaban J connectivity index is 3.44. The fourth-order valence-electron chi connectivity index (χ4n) is 0.934. The van der Waals surface area contributed by atoms with Gasteiger partial charge in [-0.1, -0.05) is 0 Å². The maximum Gasteiger partial charge on any atom is 0.161 e. The number of rotatable bonds is 3. The minimum atomic E-state index is 0.0203. The third-order valence-corrected chi connectivity index (χ3v) is 2.25. The Labute approximate surface area is 83.0 Å². The van der Waals surface area contributed by atoms with Gasteiger partial charge in [0.05, 0.1) is 12.7 Å². The van der Waals surface area contributed by atoms with Gasteiger partial charge in [0.1, 0.15) is 5.75 Å². The lowest BCUT2D eigenvalue weighted by Crippen LogP contribution is -1.89. The van der Waals surface area contributed by atoms with E-state index in [-0.39, 0.29) is 11.3 Å². The molecule has 0 heterocycles. The van der Waals surface area contributed by atoms with Crippen molar-refractivity contribution >= 4 is 27.9 Å². The van der Waals surface area contributed by atoms with Crippen molar-refractivity contribution in [2.24, 2.45) is 5.18 Å². The molecule has 0 aliphatic heterocycles. The monoisotopic (exact) mass is 243 g/mol. The SMILES string of the molecule is COc1ccc(Br)c(C=O)c1N=O. The highest BCUT2D eigenvalue weighted by molar-refractivity contribution is 9.10. The highest BCUT2D eigenvalue weighted by atomic mass is 79.9. The van der Waals surface area contributed by atoms with E-state index in [2.05, 4.69) is 21.1 Å². The number of hydrogen-bond acceptors (Lipinski definition) is 4. The predicted molar refractivity (Wildman–Crippen MR) is 51.5 cm³/mol. The van der Waals surface area contributed by atoms with E-state index >= 15 is 0 Å². The second-order valence-corrected chi connectivity index (χ2v) is 3.08. The lowest BCUT2D eigenvalue weighted by atomic mass is 10.2. The maximum absolute atomic E-state index is 10.6. The summed E-state index contributed by atoms with van der Waals surface area (Å²) >= 11 is 3.13. The Morgan fingerprint density at radius 1 is 1.54 bits per heavy atom. The van der Waals surface area contributed by atoms with E-state index in [4.69, 9.17) is 4.74 Å². The highest BCUT2D eigenvalue weighted by Gasteiger charge is 2.12. The molecule has 1 rings (SSSR count). The molecule has 1 aromatic rings. The predicted octanol–water partition coefficient (Wildman–Crippen LogP) is 2.67. The summed E-state index contributed by atoms with van der Waals surface area (Å²) in [6, 6.07) is 3.19. The minimum Gasteiger partial charge on any atom is -0.494 e. The molecular formula is C8H6BrNO3. The first-order chi connectivity index (χ1) is 6.24. The molecule has 1 aromatic carbocycles. The van der Waals surface area contributed by atoms with Crippen LogP contribution in [0.1, 0.15) is 10.4 Å². The quantitative estimate of drug-likeness (QED) is 0.606. The molecule has 0 saturated heterocycles. The van der Waals surface area contributed by atoms with Crippen molar-refractivity contribution in [3.8, 4) is 5.75 Å². The van der Waals surface area contributed by atoms with E-state index in [0.29, 0.717) is 16.5 Å². The number of nitrogens with zero attached hydrogens (tertiary/aromatic N) is 1. The molecule has 13 heavy (non-hydrogen) atoms. The van der Waals surface area contributed by atoms with E-state index in [9.17, 15) is 9.70 Å². The first kappa shape index (κ1) is 9.85. The Morgan fingerprint density at radius 2 is 2.23 bits per heavy atom. The largest absolute Gasteiger partial charge is 0.494 e. The summed E-state index contributed by atoms with van der Waals surface area (Å²) in [7, 11) is 1.41. The number of carbonyl (C=O) groups is 1. The number of hydrogen-bond donors (Lipinski definition) is 0.